The molecule has 0 saturated heterocycles. The van der Waals surface area contributed by atoms with E-state index >= 15 is 0 Å². The van der Waals surface area contributed by atoms with Gasteiger partial charge in [0.05, 0.1) is 23.4 Å². The number of nitrogens with zero attached hydrogens (tertiary/aromatic N) is 3. The number of hydrogen-bond acceptors (Lipinski definition) is 4. The van der Waals surface area contributed by atoms with Gasteiger partial charge in [-0.15, -0.1) is 0 Å². The Morgan fingerprint density at radius 1 is 1.22 bits per heavy atom. The standard InChI is InChI=1S/C21H23N3O3/c1-14-19-18(27-13-15-8-4-2-5-9-15)12-17(21(25)26)22-20(19)24(23-14)16-10-6-3-7-11-16/h3,6-7,10-12,15H,2,4-5,8-9,13H2,1H3,(H,25,26). The lowest BCUT2D eigenvalue weighted by Gasteiger charge is -2.22. The Labute approximate surface area is 157 Å². The zero-order valence-electron chi connectivity index (χ0n) is 15.4. The highest BCUT2D eigenvalue weighted by atomic mass is 16.5. The number of rotatable bonds is 5. The fraction of sp³-hybridized carbons (Fsp3) is 0.381. The van der Waals surface area contributed by atoms with Gasteiger partial charge in [-0.2, -0.15) is 5.10 Å². The van der Waals surface area contributed by atoms with Crippen LogP contribution in [0.2, 0.25) is 0 Å². The number of fused-ring (bicyclic) bond motifs is 1. The second-order valence-electron chi connectivity index (χ2n) is 7.16. The monoisotopic (exact) mass is 365 g/mol. The maximum Gasteiger partial charge on any atom is 0.354 e. The van der Waals surface area contributed by atoms with Crippen molar-refractivity contribution in [3.8, 4) is 11.4 Å². The van der Waals surface area contributed by atoms with E-state index in [1.165, 1.54) is 38.2 Å². The summed E-state index contributed by atoms with van der Waals surface area (Å²) in [7, 11) is 0. The number of aromatic nitrogens is 3. The lowest BCUT2D eigenvalue weighted by molar-refractivity contribution is 0.0690. The van der Waals surface area contributed by atoms with E-state index in [-0.39, 0.29) is 5.69 Å². The van der Waals surface area contributed by atoms with Gasteiger partial charge in [-0.25, -0.2) is 14.5 Å². The minimum atomic E-state index is -1.07. The first-order valence-electron chi connectivity index (χ1n) is 9.45. The van der Waals surface area contributed by atoms with Crippen molar-refractivity contribution in [2.24, 2.45) is 5.92 Å². The third-order valence-corrected chi connectivity index (χ3v) is 5.20. The van der Waals surface area contributed by atoms with Gasteiger partial charge >= 0.3 is 5.97 Å². The molecule has 2 aromatic heterocycles. The van der Waals surface area contributed by atoms with Crippen molar-refractivity contribution >= 4 is 17.0 Å². The quantitative estimate of drug-likeness (QED) is 0.726. The maximum atomic E-state index is 11.6. The third-order valence-electron chi connectivity index (χ3n) is 5.20. The Bertz CT molecular complexity index is 960. The van der Waals surface area contributed by atoms with Crippen LogP contribution in [0.3, 0.4) is 0 Å². The summed E-state index contributed by atoms with van der Waals surface area (Å²) < 4.78 is 7.81. The minimum absolute atomic E-state index is 0.0294. The van der Waals surface area contributed by atoms with Crippen molar-refractivity contribution in [3.05, 3.63) is 47.8 Å². The topological polar surface area (TPSA) is 77.2 Å². The predicted octanol–water partition coefficient (Wildman–Crippen LogP) is 4.39. The zero-order valence-corrected chi connectivity index (χ0v) is 15.4. The van der Waals surface area contributed by atoms with Crippen LogP contribution in [-0.4, -0.2) is 32.4 Å². The van der Waals surface area contributed by atoms with Crippen molar-refractivity contribution in [1.82, 2.24) is 14.8 Å². The van der Waals surface area contributed by atoms with Crippen LogP contribution in [0.1, 0.15) is 48.3 Å². The summed E-state index contributed by atoms with van der Waals surface area (Å²) >= 11 is 0. The van der Waals surface area contributed by atoms with E-state index in [4.69, 9.17) is 4.74 Å². The van der Waals surface area contributed by atoms with E-state index in [9.17, 15) is 9.90 Å². The van der Waals surface area contributed by atoms with Crippen LogP contribution in [-0.2, 0) is 0 Å². The summed E-state index contributed by atoms with van der Waals surface area (Å²) in [5.41, 5.74) is 2.09. The number of ether oxygens (including phenoxy) is 1. The van der Waals surface area contributed by atoms with Gasteiger partial charge in [0, 0.05) is 6.07 Å². The van der Waals surface area contributed by atoms with Gasteiger partial charge in [0.15, 0.2) is 11.3 Å². The van der Waals surface area contributed by atoms with Gasteiger partial charge in [-0.1, -0.05) is 37.5 Å². The molecule has 6 heteroatoms. The van der Waals surface area contributed by atoms with Crippen molar-refractivity contribution in [1.29, 1.82) is 0 Å². The fourth-order valence-electron chi connectivity index (χ4n) is 3.78. The van der Waals surface area contributed by atoms with E-state index in [1.54, 1.807) is 4.68 Å². The Balaban J connectivity index is 1.77. The molecule has 0 aliphatic heterocycles. The number of hydrogen-bond donors (Lipinski definition) is 1. The molecule has 1 aliphatic carbocycles. The Hall–Kier alpha value is -2.89. The molecular formula is C21H23N3O3. The number of aryl methyl sites for hydroxylation is 1. The highest BCUT2D eigenvalue weighted by Crippen LogP contribution is 2.32. The first kappa shape index (κ1) is 17.5. The third kappa shape index (κ3) is 3.52. The lowest BCUT2D eigenvalue weighted by atomic mass is 9.90. The Kier molecular flexibility index (Phi) is 4.79. The van der Waals surface area contributed by atoms with Gasteiger partial charge in [-0.05, 0) is 37.8 Å². The van der Waals surface area contributed by atoms with Crippen LogP contribution in [0.5, 0.6) is 5.75 Å². The fourth-order valence-corrected chi connectivity index (χ4v) is 3.78. The zero-order chi connectivity index (χ0) is 18.8. The van der Waals surface area contributed by atoms with E-state index in [0.29, 0.717) is 23.9 Å². The van der Waals surface area contributed by atoms with E-state index in [0.717, 1.165) is 16.8 Å². The van der Waals surface area contributed by atoms with Crippen molar-refractivity contribution < 1.29 is 14.6 Å². The largest absolute Gasteiger partial charge is 0.492 e. The highest BCUT2D eigenvalue weighted by molar-refractivity contribution is 5.93. The van der Waals surface area contributed by atoms with Crippen molar-refractivity contribution in [2.75, 3.05) is 6.61 Å². The molecule has 3 aromatic rings. The van der Waals surface area contributed by atoms with Gasteiger partial charge in [0.2, 0.25) is 0 Å². The van der Waals surface area contributed by atoms with Crippen molar-refractivity contribution in [3.63, 3.8) is 0 Å². The second kappa shape index (κ2) is 7.39. The van der Waals surface area contributed by atoms with Crippen LogP contribution in [0.15, 0.2) is 36.4 Å². The Morgan fingerprint density at radius 2 is 1.96 bits per heavy atom. The van der Waals surface area contributed by atoms with Crippen LogP contribution in [0, 0.1) is 12.8 Å². The number of para-hydroxylation sites is 1. The second-order valence-corrected chi connectivity index (χ2v) is 7.16. The summed E-state index contributed by atoms with van der Waals surface area (Å²) in [5.74, 6) is 0.0141. The van der Waals surface area contributed by atoms with E-state index in [1.807, 2.05) is 37.3 Å². The van der Waals surface area contributed by atoms with E-state index < -0.39 is 5.97 Å². The molecule has 27 heavy (non-hydrogen) atoms. The molecule has 0 unspecified atom stereocenters. The minimum Gasteiger partial charge on any atom is -0.492 e. The number of carboxylic acid groups (broad SMARTS) is 1. The average molecular weight is 365 g/mol. The summed E-state index contributed by atoms with van der Waals surface area (Å²) in [6.07, 6.45) is 6.11. The molecule has 0 radical (unpaired) electrons. The normalized spacial score (nSPS) is 15.1. The smallest absolute Gasteiger partial charge is 0.354 e. The molecule has 2 heterocycles. The molecule has 1 N–H and O–H groups in total. The first-order chi connectivity index (χ1) is 13.1. The summed E-state index contributed by atoms with van der Waals surface area (Å²) in [6.45, 7) is 2.51. The van der Waals surface area contributed by atoms with Crippen LogP contribution < -0.4 is 4.74 Å². The average Bonchev–Trinajstić information content (AvgIpc) is 3.04. The Morgan fingerprint density at radius 3 is 2.67 bits per heavy atom. The molecule has 1 saturated carbocycles. The molecule has 1 aromatic carbocycles. The highest BCUT2D eigenvalue weighted by Gasteiger charge is 2.21. The number of pyridine rings is 1. The lowest BCUT2D eigenvalue weighted by Crippen LogP contribution is -2.16. The molecule has 0 spiro atoms. The number of carboxylic acids is 1. The first-order valence-corrected chi connectivity index (χ1v) is 9.45. The summed E-state index contributed by atoms with van der Waals surface area (Å²) in [5, 5.41) is 14.9. The molecule has 1 aliphatic rings. The predicted molar refractivity (Wildman–Crippen MR) is 103 cm³/mol. The number of benzene rings is 1. The van der Waals surface area contributed by atoms with Crippen molar-refractivity contribution in [2.45, 2.75) is 39.0 Å². The number of aromatic carboxylic acids is 1. The summed E-state index contributed by atoms with van der Waals surface area (Å²) in [4.78, 5) is 16.0. The van der Waals surface area contributed by atoms with E-state index in [2.05, 4.69) is 10.1 Å². The molecule has 1 fully saturated rings. The van der Waals surface area contributed by atoms with Gasteiger partial charge in [0.1, 0.15) is 5.75 Å². The number of carbonyl (C=O) groups is 1. The van der Waals surface area contributed by atoms with Crippen LogP contribution in [0.25, 0.3) is 16.7 Å². The van der Waals surface area contributed by atoms with Gasteiger partial charge < -0.3 is 9.84 Å². The molecule has 4 rings (SSSR count). The molecule has 140 valence electrons. The molecule has 6 nitrogen and oxygen atoms in total. The summed E-state index contributed by atoms with van der Waals surface area (Å²) in [6, 6.07) is 11.1. The van der Waals surface area contributed by atoms with Crippen LogP contribution in [0.4, 0.5) is 0 Å². The van der Waals surface area contributed by atoms with Crippen LogP contribution >= 0.6 is 0 Å². The molecule has 0 amide bonds. The maximum absolute atomic E-state index is 11.6. The molecular weight excluding hydrogens is 342 g/mol. The molecule has 0 bridgehead atoms. The molecule has 0 atom stereocenters. The van der Waals surface area contributed by atoms with Gasteiger partial charge in [-0.3, -0.25) is 0 Å². The SMILES string of the molecule is Cc1nn(-c2ccccc2)c2nc(C(=O)O)cc(OCC3CCCCC3)c12. The van der Waals surface area contributed by atoms with Gasteiger partial charge in [0.25, 0.3) is 0 Å².